The lowest BCUT2D eigenvalue weighted by Crippen LogP contribution is -2.59. The van der Waals surface area contributed by atoms with Crippen molar-refractivity contribution in [2.75, 3.05) is 0 Å². The number of hydrogen-bond donors (Lipinski definition) is 13. The number of aromatic amines is 1. The van der Waals surface area contributed by atoms with Crippen LogP contribution in [0.1, 0.15) is 89.8 Å². The van der Waals surface area contributed by atoms with Gasteiger partial charge in [-0.05, 0) is 153 Å². The Morgan fingerprint density at radius 2 is 0.716 bits per heavy atom. The van der Waals surface area contributed by atoms with E-state index in [1.54, 1.807) is 75.6 Å². The summed E-state index contributed by atoms with van der Waals surface area (Å²) in [5, 5.41) is 39.7. The fourth-order valence-corrected chi connectivity index (χ4v) is 15.2. The number of benzene rings is 8. The van der Waals surface area contributed by atoms with Crippen LogP contribution in [0.25, 0.3) is 62.7 Å². The molecule has 12 aromatic rings. The molecule has 0 aliphatic carbocycles. The third kappa shape index (κ3) is 22.5. The van der Waals surface area contributed by atoms with Gasteiger partial charge >= 0.3 is 0 Å². The van der Waals surface area contributed by atoms with Gasteiger partial charge in [-0.1, -0.05) is 173 Å². The van der Waals surface area contributed by atoms with Crippen LogP contribution in [-0.4, -0.2) is 113 Å². The van der Waals surface area contributed by atoms with Crippen molar-refractivity contribution < 1.29 is 43.2 Å². The number of aromatic nitrogens is 1. The predicted octanol–water partition coefficient (Wildman–Crippen LogP) is 10.4. The van der Waals surface area contributed by atoms with Crippen LogP contribution >= 0.6 is 34.0 Å². The lowest BCUT2D eigenvalue weighted by molar-refractivity contribution is -0.131. The van der Waals surface area contributed by atoms with Crippen LogP contribution < -0.4 is 65.1 Å². The van der Waals surface area contributed by atoms with Crippen molar-refractivity contribution in [2.24, 2.45) is 17.2 Å². The van der Waals surface area contributed by atoms with Gasteiger partial charge in [0.25, 0.3) is 0 Å². The number of amides is 9. The highest BCUT2D eigenvalue weighted by Crippen LogP contribution is 2.30. The van der Waals surface area contributed by atoms with Crippen LogP contribution in [0, 0.1) is 0 Å². The maximum atomic E-state index is 13.5. The Labute approximate surface area is 646 Å². The van der Waals surface area contributed by atoms with Gasteiger partial charge in [0.1, 0.15) is 36.6 Å². The summed E-state index contributed by atoms with van der Waals surface area (Å²) in [7, 11) is 0. The monoisotopic (exact) mass is 1530 g/mol. The minimum atomic E-state index is -1.16. The van der Waals surface area contributed by atoms with E-state index in [0.717, 1.165) is 96.1 Å². The molecule has 0 unspecified atom stereocenters. The number of nitrogens with two attached hydrogens (primary N) is 3. The van der Waals surface area contributed by atoms with Crippen molar-refractivity contribution in [3.63, 3.8) is 0 Å². The number of para-hydroxylation sites is 1. The Bertz CT molecular complexity index is 5140. The molecule has 0 saturated heterocycles. The van der Waals surface area contributed by atoms with Gasteiger partial charge in [-0.3, -0.25) is 43.2 Å². The topological polar surface area (TPSA) is 356 Å². The first-order valence-corrected chi connectivity index (χ1v) is 37.5. The molecule has 25 heteroatoms. The molecule has 0 radical (unpaired) electrons. The summed E-state index contributed by atoms with van der Waals surface area (Å²) in [6.07, 6.45) is 3.61. The highest BCUT2D eigenvalue weighted by atomic mass is 32.1. The van der Waals surface area contributed by atoms with Crippen molar-refractivity contribution in [3.05, 3.63) is 238 Å². The number of hydrogen-bond acceptors (Lipinski definition) is 15. The number of carbonyl (C=O) groups excluding carboxylic acids is 9. The van der Waals surface area contributed by atoms with Gasteiger partial charge in [0.2, 0.25) is 54.7 Å². The largest absolute Gasteiger partial charge is 0.361 e. The first kappa shape index (κ1) is 83.4. The lowest BCUT2D eigenvalue weighted by Gasteiger charge is -2.26. The summed E-state index contributed by atoms with van der Waals surface area (Å²) in [4.78, 5) is 116. The third-order valence-electron chi connectivity index (χ3n) is 18.0. The Kier molecular flexibility index (Phi) is 29.1. The van der Waals surface area contributed by atoms with E-state index < -0.39 is 88.7 Å². The van der Waals surface area contributed by atoms with Crippen LogP contribution in [0.5, 0.6) is 0 Å². The molecular formula is C84H97N13O9S3. The molecular weight excluding hydrogens is 1430 g/mol. The quantitative estimate of drug-likeness (QED) is 0.0148. The fraction of sp³-hybridized carbons (Fsp3) is 0.274. The van der Waals surface area contributed by atoms with E-state index in [1.165, 1.54) is 0 Å². The molecule has 16 N–H and O–H groups in total. The van der Waals surface area contributed by atoms with E-state index in [4.69, 9.17) is 17.2 Å². The number of nitrogens with one attached hydrogen (secondary N) is 10. The second-order valence-electron chi connectivity index (χ2n) is 28.0. The molecule has 6 atom stereocenters. The Morgan fingerprint density at radius 3 is 1.16 bits per heavy atom. The Balaban J connectivity index is 0.000000204. The second kappa shape index (κ2) is 38.1. The zero-order valence-corrected chi connectivity index (χ0v) is 62.6. The highest BCUT2D eigenvalue weighted by Gasteiger charge is 2.34. The van der Waals surface area contributed by atoms with E-state index in [-0.39, 0.29) is 27.7 Å². The number of rotatable bonds is 30. The minimum Gasteiger partial charge on any atom is -0.361 e. The summed E-state index contributed by atoms with van der Waals surface area (Å²) in [6, 6.07) is 56.8. The Morgan fingerprint density at radius 1 is 0.367 bits per heavy atom. The summed E-state index contributed by atoms with van der Waals surface area (Å²) in [6.45, 7) is 9.53. The standard InChI is InChI=1S/2C28H30N4O3S.C26H29N5O3S.2CH4/c1-28(2,29)27(35)31-23(14-20-16-36-24-13-6-5-12-22(20)24)26(34)32-25(30-17-33)15-19-10-7-9-18-8-3-4-11-21(18)19;1-28(2,29)27(35)31-23(14-18-11-12-19-7-3-4-8-20(19)13-18)26(34)32-25(30-17-33)15-21-16-36-24-10-6-5-9-22(21)24;1-26(2,27)25(34)30-21(11-16-13-28-20-9-5-3-7-18(16)20)24(33)31-23(29-15-32)12-17-14-35-22-10-6-4-8-19(17)22;;/h2*3-13,16-17,23,25H,14-15,29H2,1-2H3,(H,30,33)(H,31,35)(H,32,34);3-10,13-15,21,23,28H,11-12,27H2,1-2H3,(H,29,32)(H,30,34)(H,31,33);2*1H4/t2*23-,25-;21-,23-;;/m111../s1. The van der Waals surface area contributed by atoms with Gasteiger partial charge < -0.3 is 70.0 Å². The summed E-state index contributed by atoms with van der Waals surface area (Å²) in [5.74, 6) is -2.53. The normalized spacial score (nSPS) is 13.0. The van der Waals surface area contributed by atoms with Gasteiger partial charge in [0.05, 0.1) is 16.6 Å². The van der Waals surface area contributed by atoms with Crippen molar-refractivity contribution in [1.82, 2.24) is 52.8 Å². The number of H-pyrrole nitrogens is 1. The molecule has 4 heterocycles. The summed E-state index contributed by atoms with van der Waals surface area (Å²) < 4.78 is 3.37. The van der Waals surface area contributed by atoms with Crippen LogP contribution in [-0.2, 0) is 81.7 Å². The third-order valence-corrected chi connectivity index (χ3v) is 21.0. The van der Waals surface area contributed by atoms with Crippen molar-refractivity contribution in [3.8, 4) is 0 Å². The van der Waals surface area contributed by atoms with Gasteiger partial charge in [-0.15, -0.1) is 34.0 Å². The van der Waals surface area contributed by atoms with E-state index >= 15 is 0 Å². The molecule has 22 nitrogen and oxygen atoms in total. The highest BCUT2D eigenvalue weighted by molar-refractivity contribution is 7.18. The van der Waals surface area contributed by atoms with Crippen LogP contribution in [0.2, 0.25) is 0 Å². The van der Waals surface area contributed by atoms with Crippen LogP contribution in [0.15, 0.2) is 204 Å². The van der Waals surface area contributed by atoms with E-state index in [1.807, 2.05) is 204 Å². The molecule has 0 bridgehead atoms. The zero-order chi connectivity index (χ0) is 76.4. The maximum absolute atomic E-state index is 13.5. The molecule has 0 spiro atoms. The molecule has 0 fully saturated rings. The fourth-order valence-electron chi connectivity index (χ4n) is 12.2. The summed E-state index contributed by atoms with van der Waals surface area (Å²) in [5.41, 5.74) is 21.2. The lowest BCUT2D eigenvalue weighted by atomic mass is 9.99. The second-order valence-corrected chi connectivity index (χ2v) is 30.7. The summed E-state index contributed by atoms with van der Waals surface area (Å²) >= 11 is 4.81. The molecule has 0 saturated carbocycles. The molecule has 8 aromatic carbocycles. The first-order valence-electron chi connectivity index (χ1n) is 34.9. The number of thiophene rings is 3. The molecule has 109 heavy (non-hydrogen) atoms. The van der Waals surface area contributed by atoms with Crippen molar-refractivity contribution in [1.29, 1.82) is 0 Å². The van der Waals surface area contributed by atoms with E-state index in [2.05, 4.69) is 52.8 Å². The SMILES string of the molecule is C.C.CC(C)(N)C(=O)N[C@H](Cc1c[nH]c2ccccc12)C(=O)N[C@H](Cc1csc2ccccc12)NC=O.CC(C)(N)C(=O)N[C@H](Cc1ccc2ccccc2c1)C(=O)N[C@H](Cc1csc2ccccc12)NC=O.CC(C)(N)C(=O)N[C@H](Cc1csc2ccccc12)C(=O)N[C@H](Cc1cccc2ccccc12)NC=O. The van der Waals surface area contributed by atoms with E-state index in [9.17, 15) is 43.2 Å². The molecule has 9 amide bonds. The van der Waals surface area contributed by atoms with E-state index in [0.29, 0.717) is 44.9 Å². The average molecular weight is 1530 g/mol. The van der Waals surface area contributed by atoms with Gasteiger partial charge in [0, 0.05) is 69.7 Å². The number of carbonyl (C=O) groups is 9. The Hall–Kier alpha value is -11.2. The molecule has 12 rings (SSSR count). The first-order chi connectivity index (χ1) is 51.3. The van der Waals surface area contributed by atoms with Gasteiger partial charge in [-0.2, -0.15) is 0 Å². The van der Waals surface area contributed by atoms with Crippen molar-refractivity contribution in [2.45, 2.75) is 148 Å². The zero-order valence-electron chi connectivity index (χ0n) is 60.2. The maximum Gasteiger partial charge on any atom is 0.244 e. The minimum absolute atomic E-state index is 0. The van der Waals surface area contributed by atoms with Crippen LogP contribution in [0.4, 0.5) is 0 Å². The smallest absolute Gasteiger partial charge is 0.244 e. The molecule has 0 aliphatic rings. The van der Waals surface area contributed by atoms with Crippen LogP contribution in [0.3, 0.4) is 0 Å². The molecule has 570 valence electrons. The molecule has 0 aliphatic heterocycles. The van der Waals surface area contributed by atoms with Gasteiger partial charge in [0.15, 0.2) is 0 Å². The van der Waals surface area contributed by atoms with Crippen molar-refractivity contribution >= 4 is 151 Å². The van der Waals surface area contributed by atoms with Gasteiger partial charge in [-0.25, -0.2) is 0 Å². The molecule has 4 aromatic heterocycles. The average Bonchev–Trinajstić information content (AvgIpc) is 1.74. The predicted molar refractivity (Wildman–Crippen MR) is 441 cm³/mol. The number of fused-ring (bicyclic) bond motifs is 6.